The van der Waals surface area contributed by atoms with E-state index >= 15 is 0 Å². The van der Waals surface area contributed by atoms with Crippen LogP contribution in [0.2, 0.25) is 0 Å². The number of piperidine rings is 1. The van der Waals surface area contributed by atoms with Crippen LogP contribution in [0, 0.1) is 0 Å². The molecule has 0 aliphatic carbocycles. The zero-order valence-electron chi connectivity index (χ0n) is 12.2. The molecule has 0 radical (unpaired) electrons. The van der Waals surface area contributed by atoms with E-state index < -0.39 is 0 Å². The molecule has 1 aliphatic heterocycles. The average molecular weight is 288 g/mol. The first-order valence-electron chi connectivity index (χ1n) is 7.23. The molecule has 0 amide bonds. The molecule has 1 aliphatic rings. The molecule has 3 rings (SSSR count). The van der Waals surface area contributed by atoms with Crippen molar-refractivity contribution < 1.29 is 9.26 Å². The number of nitrogens with zero attached hydrogens (tertiary/aromatic N) is 3. The van der Waals surface area contributed by atoms with Crippen LogP contribution in [-0.2, 0) is 6.54 Å². The Bertz CT molecular complexity index is 574. The third kappa shape index (κ3) is 3.40. The van der Waals surface area contributed by atoms with E-state index in [2.05, 4.69) is 22.1 Å². The minimum absolute atomic E-state index is 0.254. The number of benzene rings is 1. The van der Waals surface area contributed by atoms with Gasteiger partial charge in [0.2, 0.25) is 11.7 Å². The minimum atomic E-state index is 0.254. The Labute approximate surface area is 123 Å². The molecule has 6 heteroatoms. The van der Waals surface area contributed by atoms with E-state index in [1.165, 1.54) is 0 Å². The minimum Gasteiger partial charge on any atom is -0.490 e. The smallest absolute Gasteiger partial charge is 0.240 e. The van der Waals surface area contributed by atoms with E-state index in [0.29, 0.717) is 17.8 Å². The largest absolute Gasteiger partial charge is 0.490 e. The lowest BCUT2D eigenvalue weighted by Crippen LogP contribution is -2.35. The van der Waals surface area contributed by atoms with Gasteiger partial charge in [0.1, 0.15) is 11.9 Å². The summed E-state index contributed by atoms with van der Waals surface area (Å²) in [5.41, 5.74) is 6.36. The van der Waals surface area contributed by atoms with Crippen molar-refractivity contribution in [3.8, 4) is 17.1 Å². The first-order valence-corrected chi connectivity index (χ1v) is 7.23. The fourth-order valence-corrected chi connectivity index (χ4v) is 2.43. The number of ether oxygens (including phenoxy) is 1. The standard InChI is InChI=1S/C15H20N4O2/c1-19-8-6-13(7-9-19)20-12-4-2-11(3-5-12)15-17-14(10-16)21-18-15/h2-5,13H,6-10,16H2,1H3. The summed E-state index contributed by atoms with van der Waals surface area (Å²) in [4.78, 5) is 6.53. The summed E-state index contributed by atoms with van der Waals surface area (Å²) in [7, 11) is 2.14. The van der Waals surface area contributed by atoms with Gasteiger partial charge in [-0.15, -0.1) is 0 Å². The Morgan fingerprint density at radius 2 is 2.00 bits per heavy atom. The van der Waals surface area contributed by atoms with Crippen molar-refractivity contribution >= 4 is 0 Å². The molecule has 2 N–H and O–H groups in total. The van der Waals surface area contributed by atoms with Crippen LogP contribution in [-0.4, -0.2) is 41.3 Å². The normalized spacial score (nSPS) is 17.0. The fourth-order valence-electron chi connectivity index (χ4n) is 2.43. The molecule has 0 atom stereocenters. The maximum atomic E-state index is 6.01. The van der Waals surface area contributed by atoms with Crippen LogP contribution in [0.25, 0.3) is 11.4 Å². The molecular formula is C15H20N4O2. The number of aromatic nitrogens is 2. The average Bonchev–Trinajstić information content (AvgIpc) is 2.99. The molecule has 1 fully saturated rings. The summed E-state index contributed by atoms with van der Waals surface area (Å²) >= 11 is 0. The van der Waals surface area contributed by atoms with E-state index in [0.717, 1.165) is 37.2 Å². The van der Waals surface area contributed by atoms with Gasteiger partial charge in [0.25, 0.3) is 0 Å². The van der Waals surface area contributed by atoms with Gasteiger partial charge in [-0.25, -0.2) is 0 Å². The van der Waals surface area contributed by atoms with E-state index in [-0.39, 0.29) is 6.54 Å². The van der Waals surface area contributed by atoms with Crippen LogP contribution in [0.1, 0.15) is 18.7 Å². The molecule has 112 valence electrons. The van der Waals surface area contributed by atoms with E-state index in [4.69, 9.17) is 15.0 Å². The van der Waals surface area contributed by atoms with E-state index in [1.54, 1.807) is 0 Å². The first kappa shape index (κ1) is 14.0. The molecule has 1 aromatic carbocycles. The predicted octanol–water partition coefficient (Wildman–Crippen LogP) is 1.67. The molecule has 0 saturated carbocycles. The Hall–Kier alpha value is -1.92. The SMILES string of the molecule is CN1CCC(Oc2ccc(-c3noc(CN)n3)cc2)CC1. The Balaban J connectivity index is 1.64. The highest BCUT2D eigenvalue weighted by atomic mass is 16.5. The number of hydrogen-bond acceptors (Lipinski definition) is 6. The van der Waals surface area contributed by atoms with Crippen molar-refractivity contribution in [3.05, 3.63) is 30.2 Å². The molecule has 6 nitrogen and oxygen atoms in total. The van der Waals surface area contributed by atoms with Gasteiger partial charge in [-0.05, 0) is 44.2 Å². The Kier molecular flexibility index (Phi) is 4.17. The van der Waals surface area contributed by atoms with Crippen molar-refractivity contribution in [3.63, 3.8) is 0 Å². The molecule has 2 aromatic rings. The van der Waals surface area contributed by atoms with E-state index in [9.17, 15) is 0 Å². The zero-order valence-corrected chi connectivity index (χ0v) is 12.2. The van der Waals surface area contributed by atoms with E-state index in [1.807, 2.05) is 24.3 Å². The van der Waals surface area contributed by atoms with Gasteiger partial charge in [0.15, 0.2) is 0 Å². The van der Waals surface area contributed by atoms with Gasteiger partial charge in [0, 0.05) is 18.7 Å². The Morgan fingerprint density at radius 3 is 2.62 bits per heavy atom. The molecule has 1 aromatic heterocycles. The van der Waals surface area contributed by atoms with Crippen molar-refractivity contribution in [2.24, 2.45) is 5.73 Å². The second-order valence-electron chi connectivity index (χ2n) is 5.36. The van der Waals surface area contributed by atoms with Gasteiger partial charge in [0.05, 0.1) is 6.54 Å². The summed E-state index contributed by atoms with van der Waals surface area (Å²) in [5, 5.41) is 3.90. The molecule has 0 unspecified atom stereocenters. The molecule has 2 heterocycles. The third-order valence-corrected chi connectivity index (χ3v) is 3.72. The van der Waals surface area contributed by atoms with Crippen molar-refractivity contribution in [2.75, 3.05) is 20.1 Å². The Morgan fingerprint density at radius 1 is 1.29 bits per heavy atom. The molecule has 21 heavy (non-hydrogen) atoms. The molecule has 0 bridgehead atoms. The van der Waals surface area contributed by atoms with Crippen LogP contribution in [0.5, 0.6) is 5.75 Å². The fraction of sp³-hybridized carbons (Fsp3) is 0.467. The number of hydrogen-bond donors (Lipinski definition) is 1. The topological polar surface area (TPSA) is 77.4 Å². The van der Waals surface area contributed by atoms with Gasteiger partial charge in [-0.2, -0.15) is 4.98 Å². The zero-order chi connectivity index (χ0) is 14.7. The molecule has 0 spiro atoms. The van der Waals surface area contributed by atoms with Crippen molar-refractivity contribution in [1.29, 1.82) is 0 Å². The summed E-state index contributed by atoms with van der Waals surface area (Å²) in [6, 6.07) is 7.78. The van der Waals surface area contributed by atoms with Gasteiger partial charge in [-0.1, -0.05) is 5.16 Å². The summed E-state index contributed by atoms with van der Waals surface area (Å²) in [6.07, 6.45) is 2.45. The van der Waals surface area contributed by atoms with Crippen LogP contribution < -0.4 is 10.5 Å². The number of likely N-dealkylation sites (tertiary alicyclic amines) is 1. The second-order valence-corrected chi connectivity index (χ2v) is 5.36. The third-order valence-electron chi connectivity index (χ3n) is 3.72. The van der Waals surface area contributed by atoms with Crippen LogP contribution in [0.15, 0.2) is 28.8 Å². The number of rotatable bonds is 4. The lowest BCUT2D eigenvalue weighted by Gasteiger charge is -2.29. The monoisotopic (exact) mass is 288 g/mol. The first-order chi connectivity index (χ1) is 10.2. The number of nitrogens with two attached hydrogens (primary N) is 1. The lowest BCUT2D eigenvalue weighted by atomic mass is 10.1. The van der Waals surface area contributed by atoms with Crippen molar-refractivity contribution in [1.82, 2.24) is 15.0 Å². The van der Waals surface area contributed by atoms with Crippen LogP contribution >= 0.6 is 0 Å². The lowest BCUT2D eigenvalue weighted by molar-refractivity contribution is 0.114. The highest BCUT2D eigenvalue weighted by molar-refractivity contribution is 5.55. The van der Waals surface area contributed by atoms with Gasteiger partial charge < -0.3 is 19.9 Å². The maximum absolute atomic E-state index is 6.01. The quantitative estimate of drug-likeness (QED) is 0.922. The van der Waals surface area contributed by atoms with Gasteiger partial charge in [-0.3, -0.25) is 0 Å². The predicted molar refractivity (Wildman–Crippen MR) is 78.8 cm³/mol. The summed E-state index contributed by atoms with van der Waals surface area (Å²) in [5.74, 6) is 1.88. The van der Waals surface area contributed by atoms with Crippen LogP contribution in [0.3, 0.4) is 0 Å². The molecular weight excluding hydrogens is 268 g/mol. The maximum Gasteiger partial charge on any atom is 0.240 e. The highest BCUT2D eigenvalue weighted by Gasteiger charge is 2.18. The van der Waals surface area contributed by atoms with Crippen LogP contribution in [0.4, 0.5) is 0 Å². The van der Waals surface area contributed by atoms with Gasteiger partial charge >= 0.3 is 0 Å². The summed E-state index contributed by atoms with van der Waals surface area (Å²) < 4.78 is 11.0. The second kappa shape index (κ2) is 6.24. The van der Waals surface area contributed by atoms with Crippen molar-refractivity contribution in [2.45, 2.75) is 25.5 Å². The molecule has 1 saturated heterocycles. The highest BCUT2D eigenvalue weighted by Crippen LogP contribution is 2.22. The summed E-state index contributed by atoms with van der Waals surface area (Å²) in [6.45, 7) is 2.44.